The molecule has 0 aliphatic heterocycles. The normalized spacial score (nSPS) is 10.3. The number of para-hydroxylation sites is 1. The third-order valence-electron chi connectivity index (χ3n) is 3.28. The van der Waals surface area contributed by atoms with Crippen LogP contribution in [0.1, 0.15) is 20.8 Å². The van der Waals surface area contributed by atoms with Gasteiger partial charge in [-0.3, -0.25) is 4.79 Å². The van der Waals surface area contributed by atoms with Gasteiger partial charge in [0.05, 0.1) is 0 Å². The Hall–Kier alpha value is -3.19. The smallest absolute Gasteiger partial charge is 0.357 e. The second kappa shape index (κ2) is 6.51. The van der Waals surface area contributed by atoms with Gasteiger partial charge in [0, 0.05) is 16.8 Å². The monoisotopic (exact) mass is 339 g/mol. The van der Waals surface area contributed by atoms with Crippen LogP contribution in [0.5, 0.6) is 0 Å². The van der Waals surface area contributed by atoms with Crippen LogP contribution in [0.4, 0.5) is 10.7 Å². The van der Waals surface area contributed by atoms with Gasteiger partial charge in [-0.2, -0.15) is 0 Å². The molecule has 24 heavy (non-hydrogen) atoms. The number of anilines is 2. The summed E-state index contributed by atoms with van der Waals surface area (Å²) in [6.07, 6.45) is 0. The lowest BCUT2D eigenvalue weighted by Gasteiger charge is -2.03. The summed E-state index contributed by atoms with van der Waals surface area (Å²) in [6, 6.07) is 15.8. The zero-order chi connectivity index (χ0) is 17.1. The van der Waals surface area contributed by atoms with Crippen LogP contribution in [0.2, 0.25) is 0 Å². The Morgan fingerprint density at radius 2 is 1.71 bits per heavy atom. The fourth-order valence-corrected chi connectivity index (χ4v) is 3.09. The lowest BCUT2D eigenvalue weighted by Crippen LogP contribution is -2.10. The van der Waals surface area contributed by atoms with Crippen LogP contribution >= 0.6 is 11.3 Å². The first-order valence-electron chi connectivity index (χ1n) is 7.01. The minimum absolute atomic E-state index is 0.0437. The predicted molar refractivity (Wildman–Crippen MR) is 92.8 cm³/mol. The molecule has 1 amide bonds. The molecule has 3 rings (SSSR count). The van der Waals surface area contributed by atoms with Gasteiger partial charge in [-0.25, -0.2) is 9.78 Å². The Bertz CT molecular complexity index is 889. The highest BCUT2D eigenvalue weighted by Gasteiger charge is 2.18. The molecule has 0 saturated carbocycles. The largest absolute Gasteiger partial charge is 0.476 e. The van der Waals surface area contributed by atoms with E-state index in [1.54, 1.807) is 24.3 Å². The lowest BCUT2D eigenvalue weighted by molar-refractivity contribution is 0.0692. The van der Waals surface area contributed by atoms with Crippen LogP contribution in [0.15, 0.2) is 54.6 Å². The van der Waals surface area contributed by atoms with E-state index < -0.39 is 11.9 Å². The van der Waals surface area contributed by atoms with E-state index in [1.165, 1.54) is 11.3 Å². The summed E-state index contributed by atoms with van der Waals surface area (Å²) in [7, 11) is 0. The number of carbonyl (C=O) groups excluding carboxylic acids is 1. The highest BCUT2D eigenvalue weighted by Crippen LogP contribution is 2.34. The highest BCUT2D eigenvalue weighted by molar-refractivity contribution is 7.19. The summed E-state index contributed by atoms with van der Waals surface area (Å²) in [5.41, 5.74) is 7.05. The molecule has 0 saturated heterocycles. The zero-order valence-electron chi connectivity index (χ0n) is 12.4. The van der Waals surface area contributed by atoms with Crippen LogP contribution in [0, 0.1) is 0 Å². The fourth-order valence-electron chi connectivity index (χ4n) is 2.10. The molecule has 0 atom stereocenters. The maximum absolute atomic E-state index is 11.4. The van der Waals surface area contributed by atoms with Crippen molar-refractivity contribution < 1.29 is 14.7 Å². The van der Waals surface area contributed by atoms with Crippen molar-refractivity contribution in [1.82, 2.24) is 4.98 Å². The molecule has 0 bridgehead atoms. The van der Waals surface area contributed by atoms with Gasteiger partial charge < -0.3 is 16.2 Å². The molecule has 120 valence electrons. The molecule has 7 heteroatoms. The number of hydrogen-bond acceptors (Lipinski definition) is 5. The molecule has 6 nitrogen and oxygen atoms in total. The summed E-state index contributed by atoms with van der Waals surface area (Å²) < 4.78 is 0. The summed E-state index contributed by atoms with van der Waals surface area (Å²) in [5, 5.41) is 13.4. The first kappa shape index (κ1) is 15.7. The average molecular weight is 339 g/mol. The van der Waals surface area contributed by atoms with E-state index in [9.17, 15) is 14.7 Å². The minimum Gasteiger partial charge on any atom is -0.476 e. The summed E-state index contributed by atoms with van der Waals surface area (Å²) in [5.74, 6) is -1.62. The van der Waals surface area contributed by atoms with E-state index in [0.29, 0.717) is 21.1 Å². The average Bonchev–Trinajstić information content (AvgIpc) is 3.00. The number of thiazole rings is 1. The van der Waals surface area contributed by atoms with Crippen molar-refractivity contribution in [1.29, 1.82) is 0 Å². The molecule has 2 aromatic carbocycles. The number of carbonyl (C=O) groups is 2. The van der Waals surface area contributed by atoms with Crippen LogP contribution in [-0.2, 0) is 0 Å². The first-order chi connectivity index (χ1) is 11.5. The number of benzene rings is 2. The molecular weight excluding hydrogens is 326 g/mol. The number of amides is 1. The Balaban J connectivity index is 1.96. The molecule has 1 heterocycles. The maximum Gasteiger partial charge on any atom is 0.357 e. The number of aromatic nitrogens is 1. The van der Waals surface area contributed by atoms with Crippen molar-refractivity contribution in [3.8, 4) is 10.6 Å². The molecule has 4 N–H and O–H groups in total. The van der Waals surface area contributed by atoms with E-state index >= 15 is 0 Å². The Morgan fingerprint density at radius 3 is 2.29 bits per heavy atom. The molecule has 3 aromatic rings. The molecular formula is C17H13N3O3S. The van der Waals surface area contributed by atoms with Gasteiger partial charge in [-0.1, -0.05) is 41.7 Å². The summed E-state index contributed by atoms with van der Waals surface area (Å²) in [4.78, 5) is 26.8. The number of carboxylic acid groups (broad SMARTS) is 1. The zero-order valence-corrected chi connectivity index (χ0v) is 13.2. The number of aromatic carboxylic acids is 1. The topological polar surface area (TPSA) is 105 Å². The van der Waals surface area contributed by atoms with Crippen molar-refractivity contribution in [3.63, 3.8) is 0 Å². The molecule has 1 aromatic heterocycles. The van der Waals surface area contributed by atoms with Crippen LogP contribution in [0.3, 0.4) is 0 Å². The Labute approximate surface area is 141 Å². The molecule has 0 spiro atoms. The van der Waals surface area contributed by atoms with Gasteiger partial charge in [0.15, 0.2) is 5.69 Å². The Kier molecular flexibility index (Phi) is 4.26. The predicted octanol–water partition coefficient (Wildman–Crippen LogP) is 3.35. The van der Waals surface area contributed by atoms with E-state index in [4.69, 9.17) is 5.73 Å². The SMILES string of the molecule is NC(=O)c1ccc(-c2nc(C(=O)O)c(Nc3ccccc3)s2)cc1. The lowest BCUT2D eigenvalue weighted by atomic mass is 10.1. The van der Waals surface area contributed by atoms with Gasteiger partial charge in [0.25, 0.3) is 0 Å². The minimum atomic E-state index is -1.11. The highest BCUT2D eigenvalue weighted by atomic mass is 32.1. The summed E-state index contributed by atoms with van der Waals surface area (Å²) in [6.45, 7) is 0. The number of nitrogens with one attached hydrogen (secondary N) is 1. The van der Waals surface area contributed by atoms with E-state index in [1.807, 2.05) is 30.3 Å². The van der Waals surface area contributed by atoms with Gasteiger partial charge in [-0.15, -0.1) is 0 Å². The number of carboxylic acids is 1. The number of nitrogens with zero attached hydrogens (tertiary/aromatic N) is 1. The van der Waals surface area contributed by atoms with Crippen LogP contribution in [-0.4, -0.2) is 22.0 Å². The third-order valence-corrected chi connectivity index (χ3v) is 4.30. The van der Waals surface area contributed by atoms with Gasteiger partial charge >= 0.3 is 5.97 Å². The molecule has 0 aliphatic carbocycles. The first-order valence-corrected chi connectivity index (χ1v) is 7.82. The van der Waals surface area contributed by atoms with E-state index in [2.05, 4.69) is 10.3 Å². The van der Waals surface area contributed by atoms with E-state index in [0.717, 1.165) is 5.69 Å². The van der Waals surface area contributed by atoms with Crippen LogP contribution in [0.25, 0.3) is 10.6 Å². The van der Waals surface area contributed by atoms with Crippen molar-refractivity contribution >= 4 is 33.9 Å². The van der Waals surface area contributed by atoms with E-state index in [-0.39, 0.29) is 5.69 Å². The Morgan fingerprint density at radius 1 is 1.04 bits per heavy atom. The standard InChI is InChI=1S/C17H13N3O3S/c18-14(21)10-6-8-11(9-7-10)15-20-13(17(22)23)16(24-15)19-12-4-2-1-3-5-12/h1-9,19H,(H2,18,21)(H,22,23). The van der Waals surface area contributed by atoms with Crippen molar-refractivity contribution in [3.05, 3.63) is 65.9 Å². The van der Waals surface area contributed by atoms with Crippen LogP contribution < -0.4 is 11.1 Å². The molecule has 0 aliphatic rings. The number of primary amides is 1. The number of hydrogen-bond donors (Lipinski definition) is 3. The van der Waals surface area contributed by atoms with Crippen molar-refractivity contribution in [2.75, 3.05) is 5.32 Å². The molecule has 0 radical (unpaired) electrons. The second-order valence-corrected chi connectivity index (χ2v) is 5.93. The van der Waals surface area contributed by atoms with Gasteiger partial charge in [-0.05, 0) is 24.3 Å². The maximum atomic E-state index is 11.4. The quantitative estimate of drug-likeness (QED) is 0.661. The van der Waals surface area contributed by atoms with Gasteiger partial charge in [0.2, 0.25) is 5.91 Å². The molecule has 0 fully saturated rings. The second-order valence-electron chi connectivity index (χ2n) is 4.93. The number of nitrogens with two attached hydrogens (primary N) is 1. The molecule has 0 unspecified atom stereocenters. The van der Waals surface area contributed by atoms with Crippen molar-refractivity contribution in [2.45, 2.75) is 0 Å². The van der Waals surface area contributed by atoms with Crippen molar-refractivity contribution in [2.24, 2.45) is 5.73 Å². The number of rotatable bonds is 5. The fraction of sp³-hybridized carbons (Fsp3) is 0. The third kappa shape index (κ3) is 3.26. The summed E-state index contributed by atoms with van der Waals surface area (Å²) >= 11 is 1.23. The van der Waals surface area contributed by atoms with Gasteiger partial charge in [0.1, 0.15) is 10.0 Å².